The number of hydrogen-bond acceptors (Lipinski definition) is 6. The van der Waals surface area contributed by atoms with E-state index in [2.05, 4.69) is 15.8 Å². The largest absolute Gasteiger partial charge is 0.423 e. The summed E-state index contributed by atoms with van der Waals surface area (Å²) in [7, 11) is 0. The molecule has 0 saturated carbocycles. The standard InChI is InChI=1S/C21H16N4O4S/c26-20(16-5-4-8-18(13-16)25(27)28)29-19-11-9-15(10-12-19)14-22-24-21(30)23-17-6-2-1-3-7-17/h1-14H,(H2,23,24,30). The van der Waals surface area contributed by atoms with Gasteiger partial charge in [0, 0.05) is 17.8 Å². The zero-order chi connectivity index (χ0) is 21.3. The first-order valence-electron chi connectivity index (χ1n) is 8.73. The number of nitrogens with zero attached hydrogens (tertiary/aromatic N) is 2. The highest BCUT2D eigenvalue weighted by Gasteiger charge is 2.13. The van der Waals surface area contributed by atoms with Gasteiger partial charge in [-0.3, -0.25) is 15.5 Å². The van der Waals surface area contributed by atoms with Gasteiger partial charge in [0.15, 0.2) is 5.11 Å². The van der Waals surface area contributed by atoms with Gasteiger partial charge in [0.2, 0.25) is 0 Å². The number of hydrazone groups is 1. The Hall–Kier alpha value is -4.11. The van der Waals surface area contributed by atoms with E-state index in [0.29, 0.717) is 10.9 Å². The molecule has 0 fully saturated rings. The number of nitro groups is 1. The molecule has 0 bridgehead atoms. The molecule has 0 aromatic heterocycles. The number of nitrogens with one attached hydrogen (secondary N) is 2. The molecule has 0 atom stereocenters. The number of benzene rings is 3. The molecule has 0 spiro atoms. The highest BCUT2D eigenvalue weighted by atomic mass is 32.1. The van der Waals surface area contributed by atoms with Crippen molar-refractivity contribution in [2.75, 3.05) is 5.32 Å². The van der Waals surface area contributed by atoms with Gasteiger partial charge in [0.25, 0.3) is 5.69 Å². The van der Waals surface area contributed by atoms with Crippen LogP contribution in [0.15, 0.2) is 84.0 Å². The van der Waals surface area contributed by atoms with E-state index in [9.17, 15) is 14.9 Å². The zero-order valence-electron chi connectivity index (χ0n) is 15.5. The molecule has 0 radical (unpaired) electrons. The Labute approximate surface area is 177 Å². The van der Waals surface area contributed by atoms with E-state index >= 15 is 0 Å². The average molecular weight is 420 g/mol. The summed E-state index contributed by atoms with van der Waals surface area (Å²) in [5.41, 5.74) is 4.23. The van der Waals surface area contributed by atoms with Crippen LogP contribution in [0.1, 0.15) is 15.9 Å². The Morgan fingerprint density at radius 3 is 2.47 bits per heavy atom. The van der Waals surface area contributed by atoms with Crippen molar-refractivity contribution in [2.45, 2.75) is 0 Å². The molecule has 3 aromatic carbocycles. The molecule has 0 aliphatic heterocycles. The molecule has 0 saturated heterocycles. The lowest BCUT2D eigenvalue weighted by molar-refractivity contribution is -0.384. The Balaban J connectivity index is 1.54. The number of carbonyl (C=O) groups is 1. The molecule has 2 N–H and O–H groups in total. The lowest BCUT2D eigenvalue weighted by Gasteiger charge is -2.06. The fraction of sp³-hybridized carbons (Fsp3) is 0. The van der Waals surface area contributed by atoms with Crippen LogP contribution in [-0.2, 0) is 0 Å². The highest BCUT2D eigenvalue weighted by molar-refractivity contribution is 7.80. The van der Waals surface area contributed by atoms with Crippen LogP contribution in [-0.4, -0.2) is 22.2 Å². The minimum absolute atomic E-state index is 0.0958. The van der Waals surface area contributed by atoms with Gasteiger partial charge >= 0.3 is 5.97 Å². The molecule has 150 valence electrons. The summed E-state index contributed by atoms with van der Waals surface area (Å²) < 4.78 is 5.25. The first-order chi connectivity index (χ1) is 14.5. The summed E-state index contributed by atoms with van der Waals surface area (Å²) in [6.45, 7) is 0. The lowest BCUT2D eigenvalue weighted by Crippen LogP contribution is -2.23. The second-order valence-corrected chi connectivity index (χ2v) is 6.36. The summed E-state index contributed by atoms with van der Waals surface area (Å²) in [5, 5.41) is 18.2. The van der Waals surface area contributed by atoms with Gasteiger partial charge in [-0.1, -0.05) is 24.3 Å². The van der Waals surface area contributed by atoms with Gasteiger partial charge in [-0.2, -0.15) is 5.10 Å². The molecular weight excluding hydrogens is 404 g/mol. The SMILES string of the molecule is O=C(Oc1ccc(C=NNC(=S)Nc2ccccc2)cc1)c1cccc([N+](=O)[O-])c1. The summed E-state index contributed by atoms with van der Waals surface area (Å²) in [6, 6.07) is 21.4. The topological polar surface area (TPSA) is 106 Å². The fourth-order valence-corrected chi connectivity index (χ4v) is 2.55. The Morgan fingerprint density at radius 1 is 1.03 bits per heavy atom. The van der Waals surface area contributed by atoms with Crippen LogP contribution in [0.3, 0.4) is 0 Å². The number of para-hydroxylation sites is 1. The van der Waals surface area contributed by atoms with Crippen LogP contribution >= 0.6 is 12.2 Å². The van der Waals surface area contributed by atoms with Crippen molar-refractivity contribution in [1.82, 2.24) is 5.43 Å². The van der Waals surface area contributed by atoms with Crippen molar-refractivity contribution in [3.63, 3.8) is 0 Å². The number of esters is 1. The second-order valence-electron chi connectivity index (χ2n) is 5.96. The van der Waals surface area contributed by atoms with E-state index < -0.39 is 10.9 Å². The van der Waals surface area contributed by atoms with Crippen LogP contribution < -0.4 is 15.5 Å². The number of anilines is 1. The van der Waals surface area contributed by atoms with Crippen molar-refractivity contribution in [3.05, 3.63) is 100 Å². The number of thiocarbonyl (C=S) groups is 1. The molecule has 3 aromatic rings. The first-order valence-corrected chi connectivity index (χ1v) is 9.14. The molecule has 0 unspecified atom stereocenters. The normalized spacial score (nSPS) is 10.4. The number of hydrogen-bond donors (Lipinski definition) is 2. The third kappa shape index (κ3) is 5.94. The number of carbonyl (C=O) groups excluding carboxylic acids is 1. The summed E-state index contributed by atoms with van der Waals surface area (Å²) in [6.07, 6.45) is 1.56. The number of non-ortho nitro benzene ring substituents is 1. The Kier molecular flexibility index (Phi) is 6.80. The number of ether oxygens (including phenoxy) is 1. The van der Waals surface area contributed by atoms with E-state index in [1.807, 2.05) is 30.3 Å². The second kappa shape index (κ2) is 9.89. The first kappa shape index (κ1) is 20.6. The molecule has 9 heteroatoms. The molecular formula is C21H16N4O4S. The quantitative estimate of drug-likeness (QED) is 0.154. The van der Waals surface area contributed by atoms with Gasteiger partial charge < -0.3 is 10.1 Å². The van der Waals surface area contributed by atoms with E-state index in [1.165, 1.54) is 24.3 Å². The molecule has 0 amide bonds. The smallest absolute Gasteiger partial charge is 0.343 e. The summed E-state index contributed by atoms with van der Waals surface area (Å²) in [5.74, 6) is -0.378. The molecule has 0 heterocycles. The minimum atomic E-state index is -0.681. The maximum atomic E-state index is 12.2. The Morgan fingerprint density at radius 2 is 1.77 bits per heavy atom. The number of rotatable bonds is 6. The van der Waals surface area contributed by atoms with Gasteiger partial charge in [-0.25, -0.2) is 4.79 Å². The summed E-state index contributed by atoms with van der Waals surface area (Å²) >= 11 is 5.16. The van der Waals surface area contributed by atoms with Crippen LogP contribution in [0.2, 0.25) is 0 Å². The van der Waals surface area contributed by atoms with Gasteiger partial charge in [0.05, 0.1) is 16.7 Å². The van der Waals surface area contributed by atoms with Crippen molar-refractivity contribution in [3.8, 4) is 5.75 Å². The molecule has 0 aliphatic rings. The van der Waals surface area contributed by atoms with Crippen LogP contribution in [0.25, 0.3) is 0 Å². The predicted octanol–water partition coefficient (Wildman–Crippen LogP) is 4.13. The maximum Gasteiger partial charge on any atom is 0.343 e. The van der Waals surface area contributed by atoms with Crippen LogP contribution in [0.5, 0.6) is 5.75 Å². The van der Waals surface area contributed by atoms with E-state index in [-0.39, 0.29) is 11.3 Å². The fourth-order valence-electron chi connectivity index (χ4n) is 2.38. The van der Waals surface area contributed by atoms with Crippen molar-refractivity contribution < 1.29 is 14.5 Å². The van der Waals surface area contributed by atoms with Crippen molar-refractivity contribution in [1.29, 1.82) is 0 Å². The predicted molar refractivity (Wildman–Crippen MR) is 118 cm³/mol. The van der Waals surface area contributed by atoms with Gasteiger partial charge in [-0.15, -0.1) is 0 Å². The minimum Gasteiger partial charge on any atom is -0.423 e. The van der Waals surface area contributed by atoms with Crippen molar-refractivity contribution >= 4 is 40.9 Å². The van der Waals surface area contributed by atoms with Gasteiger partial charge in [-0.05, 0) is 60.2 Å². The average Bonchev–Trinajstić information content (AvgIpc) is 2.75. The lowest BCUT2D eigenvalue weighted by atomic mass is 10.2. The third-order valence-electron chi connectivity index (χ3n) is 3.79. The van der Waals surface area contributed by atoms with Crippen LogP contribution in [0.4, 0.5) is 11.4 Å². The van der Waals surface area contributed by atoms with Crippen molar-refractivity contribution in [2.24, 2.45) is 5.10 Å². The van der Waals surface area contributed by atoms with Crippen LogP contribution in [0, 0.1) is 10.1 Å². The monoisotopic (exact) mass is 420 g/mol. The highest BCUT2D eigenvalue weighted by Crippen LogP contribution is 2.17. The van der Waals surface area contributed by atoms with E-state index in [1.54, 1.807) is 30.5 Å². The van der Waals surface area contributed by atoms with E-state index in [0.717, 1.165) is 11.3 Å². The summed E-state index contributed by atoms with van der Waals surface area (Å²) in [4.78, 5) is 22.4. The maximum absolute atomic E-state index is 12.2. The number of nitro benzene ring substituents is 1. The Bertz CT molecular complexity index is 1090. The molecule has 0 aliphatic carbocycles. The van der Waals surface area contributed by atoms with Gasteiger partial charge in [0.1, 0.15) is 5.75 Å². The molecule has 30 heavy (non-hydrogen) atoms. The third-order valence-corrected chi connectivity index (χ3v) is 3.99. The molecule has 8 nitrogen and oxygen atoms in total. The van der Waals surface area contributed by atoms with E-state index in [4.69, 9.17) is 17.0 Å². The molecule has 3 rings (SSSR count). The zero-order valence-corrected chi connectivity index (χ0v) is 16.3.